The number of rotatable bonds is 1. The molecule has 0 radical (unpaired) electrons. The van der Waals surface area contributed by atoms with Crippen LogP contribution in [0.5, 0.6) is 0 Å². The first-order valence-electron chi connectivity index (χ1n) is 5.34. The van der Waals surface area contributed by atoms with Crippen molar-refractivity contribution in [2.75, 3.05) is 32.8 Å². The molecule has 0 bridgehead atoms. The van der Waals surface area contributed by atoms with Gasteiger partial charge in [-0.1, -0.05) is 0 Å². The molecule has 0 saturated carbocycles. The van der Waals surface area contributed by atoms with Crippen LogP contribution in [0, 0.1) is 0 Å². The van der Waals surface area contributed by atoms with Gasteiger partial charge in [0.1, 0.15) is 0 Å². The van der Waals surface area contributed by atoms with Crippen molar-refractivity contribution in [3.63, 3.8) is 0 Å². The number of nitrogens with zero attached hydrogens (tertiary/aromatic N) is 1. The molecule has 2 heterocycles. The van der Waals surface area contributed by atoms with E-state index in [0.29, 0.717) is 0 Å². The normalized spacial score (nSPS) is 38.8. The van der Waals surface area contributed by atoms with Gasteiger partial charge >= 0.3 is 0 Å². The number of ether oxygens (including phenoxy) is 1. The molecule has 82 valence electrons. The highest BCUT2D eigenvalue weighted by molar-refractivity contribution is 4.96. The molecule has 2 unspecified atom stereocenters. The van der Waals surface area contributed by atoms with Gasteiger partial charge in [0.25, 0.3) is 0 Å². The Morgan fingerprint density at radius 1 is 1.43 bits per heavy atom. The van der Waals surface area contributed by atoms with E-state index in [2.05, 4.69) is 24.1 Å². The highest BCUT2D eigenvalue weighted by Crippen LogP contribution is 2.24. The summed E-state index contributed by atoms with van der Waals surface area (Å²) >= 11 is 0. The Hall–Kier alpha value is -0.160. The van der Waals surface area contributed by atoms with Crippen LogP contribution in [-0.4, -0.2) is 60.5 Å². The largest absolute Gasteiger partial charge is 0.390 e. The fraction of sp³-hybridized carbons (Fsp3) is 1.00. The molecular formula is C10H20N2O2. The van der Waals surface area contributed by atoms with Crippen LogP contribution in [0.4, 0.5) is 0 Å². The van der Waals surface area contributed by atoms with Gasteiger partial charge in [-0.25, -0.2) is 0 Å². The van der Waals surface area contributed by atoms with Crippen LogP contribution in [0.1, 0.15) is 13.8 Å². The third-order valence-electron chi connectivity index (χ3n) is 3.26. The van der Waals surface area contributed by atoms with Crippen LogP contribution in [0.3, 0.4) is 0 Å². The number of β-amino-alcohol motifs (C(OH)–C–C–N with tert-alkyl or cyclic N) is 1. The topological polar surface area (TPSA) is 44.7 Å². The van der Waals surface area contributed by atoms with Crippen molar-refractivity contribution in [3.8, 4) is 0 Å². The average Bonchev–Trinajstić information content (AvgIpc) is 2.51. The third kappa shape index (κ3) is 1.80. The Labute approximate surface area is 85.2 Å². The molecule has 2 rings (SSSR count). The second kappa shape index (κ2) is 3.77. The van der Waals surface area contributed by atoms with Crippen molar-refractivity contribution >= 4 is 0 Å². The molecule has 0 aromatic heterocycles. The maximum absolute atomic E-state index is 9.83. The second-order valence-electron chi connectivity index (χ2n) is 4.85. The maximum Gasteiger partial charge on any atom is 0.0832 e. The smallest absolute Gasteiger partial charge is 0.0832 e. The number of aliphatic hydroxyl groups is 1. The van der Waals surface area contributed by atoms with Gasteiger partial charge in [-0.3, -0.25) is 4.90 Å². The Balaban J connectivity index is 2.07. The van der Waals surface area contributed by atoms with Crippen LogP contribution in [0.25, 0.3) is 0 Å². The van der Waals surface area contributed by atoms with Crippen molar-refractivity contribution in [1.29, 1.82) is 0 Å². The molecule has 2 saturated heterocycles. The van der Waals surface area contributed by atoms with Crippen LogP contribution in [0.15, 0.2) is 0 Å². The van der Waals surface area contributed by atoms with Gasteiger partial charge in [-0.15, -0.1) is 0 Å². The number of aliphatic hydroxyl groups excluding tert-OH is 1. The molecule has 4 nitrogen and oxygen atoms in total. The van der Waals surface area contributed by atoms with Crippen LogP contribution < -0.4 is 5.32 Å². The zero-order valence-electron chi connectivity index (χ0n) is 8.99. The molecule has 2 fully saturated rings. The minimum atomic E-state index is -0.229. The monoisotopic (exact) mass is 200 g/mol. The fourth-order valence-electron chi connectivity index (χ4n) is 2.45. The molecule has 4 heteroatoms. The molecule has 2 aliphatic rings. The summed E-state index contributed by atoms with van der Waals surface area (Å²) in [6.07, 6.45) is -0.229. The summed E-state index contributed by atoms with van der Waals surface area (Å²) in [6, 6.07) is 0.258. The van der Waals surface area contributed by atoms with Gasteiger partial charge in [0, 0.05) is 31.2 Å². The van der Waals surface area contributed by atoms with E-state index >= 15 is 0 Å². The summed E-state index contributed by atoms with van der Waals surface area (Å²) in [5, 5.41) is 13.1. The average molecular weight is 200 g/mol. The molecular weight excluding hydrogens is 180 g/mol. The molecule has 0 aromatic carbocycles. The Morgan fingerprint density at radius 2 is 2.21 bits per heavy atom. The summed E-state index contributed by atoms with van der Waals surface area (Å²) in [7, 11) is 0. The Kier molecular flexibility index (Phi) is 2.79. The highest BCUT2D eigenvalue weighted by atomic mass is 16.5. The van der Waals surface area contributed by atoms with Gasteiger partial charge in [-0.2, -0.15) is 0 Å². The third-order valence-corrected chi connectivity index (χ3v) is 3.26. The van der Waals surface area contributed by atoms with Crippen molar-refractivity contribution in [2.45, 2.75) is 31.5 Å². The van der Waals surface area contributed by atoms with E-state index in [-0.39, 0.29) is 17.7 Å². The van der Waals surface area contributed by atoms with Crippen LogP contribution >= 0.6 is 0 Å². The van der Waals surface area contributed by atoms with Crippen molar-refractivity contribution in [3.05, 3.63) is 0 Å². The minimum absolute atomic E-state index is 0.0515. The first kappa shape index (κ1) is 10.4. The van der Waals surface area contributed by atoms with E-state index in [4.69, 9.17) is 4.74 Å². The molecule has 2 atom stereocenters. The molecule has 0 aliphatic carbocycles. The van der Waals surface area contributed by atoms with Gasteiger partial charge in [0.05, 0.1) is 19.3 Å². The summed E-state index contributed by atoms with van der Waals surface area (Å²) < 4.78 is 5.47. The lowest BCUT2D eigenvalue weighted by molar-refractivity contribution is -0.0856. The van der Waals surface area contributed by atoms with E-state index in [1.54, 1.807) is 0 Å². The van der Waals surface area contributed by atoms with E-state index in [9.17, 15) is 5.11 Å². The van der Waals surface area contributed by atoms with Gasteiger partial charge in [0.15, 0.2) is 0 Å². The first-order chi connectivity index (χ1) is 6.61. The molecule has 2 N–H and O–H groups in total. The predicted molar refractivity (Wildman–Crippen MR) is 54.3 cm³/mol. The molecule has 2 aliphatic heterocycles. The predicted octanol–water partition coefficient (Wildman–Crippen LogP) is -0.570. The highest BCUT2D eigenvalue weighted by Gasteiger charge is 2.40. The molecule has 0 spiro atoms. The summed E-state index contributed by atoms with van der Waals surface area (Å²) in [5.74, 6) is 0. The summed E-state index contributed by atoms with van der Waals surface area (Å²) in [5.41, 5.74) is 0.0515. The van der Waals surface area contributed by atoms with Crippen LogP contribution in [0.2, 0.25) is 0 Å². The van der Waals surface area contributed by atoms with E-state index in [1.165, 1.54) is 0 Å². The SMILES string of the molecule is CC1(C)COCCN1C1CNCC1O. The van der Waals surface area contributed by atoms with Gasteiger partial charge in [-0.05, 0) is 13.8 Å². The fourth-order valence-corrected chi connectivity index (χ4v) is 2.45. The lowest BCUT2D eigenvalue weighted by atomic mass is 9.98. The lowest BCUT2D eigenvalue weighted by Gasteiger charge is -2.46. The second-order valence-corrected chi connectivity index (χ2v) is 4.85. The molecule has 14 heavy (non-hydrogen) atoms. The first-order valence-corrected chi connectivity index (χ1v) is 5.34. The number of hydrogen-bond acceptors (Lipinski definition) is 4. The van der Waals surface area contributed by atoms with Crippen LogP contribution in [-0.2, 0) is 4.74 Å². The lowest BCUT2D eigenvalue weighted by Crippen LogP contribution is -2.60. The molecule has 0 aromatic rings. The van der Waals surface area contributed by atoms with E-state index < -0.39 is 0 Å². The van der Waals surface area contributed by atoms with E-state index in [1.807, 2.05) is 0 Å². The summed E-state index contributed by atoms with van der Waals surface area (Å²) in [6.45, 7) is 8.44. The Bertz CT molecular complexity index is 208. The zero-order chi connectivity index (χ0) is 10.2. The number of nitrogens with one attached hydrogen (secondary N) is 1. The number of hydrogen-bond donors (Lipinski definition) is 2. The van der Waals surface area contributed by atoms with Gasteiger partial charge in [0.2, 0.25) is 0 Å². The maximum atomic E-state index is 9.83. The standard InChI is InChI=1S/C10H20N2O2/c1-10(2)7-14-4-3-12(10)8-5-11-6-9(8)13/h8-9,11,13H,3-7H2,1-2H3. The molecule has 0 amide bonds. The van der Waals surface area contributed by atoms with Crippen molar-refractivity contribution in [1.82, 2.24) is 10.2 Å². The van der Waals surface area contributed by atoms with Gasteiger partial charge < -0.3 is 15.2 Å². The van der Waals surface area contributed by atoms with Crippen molar-refractivity contribution < 1.29 is 9.84 Å². The Morgan fingerprint density at radius 3 is 2.79 bits per heavy atom. The van der Waals surface area contributed by atoms with Crippen molar-refractivity contribution in [2.24, 2.45) is 0 Å². The quantitative estimate of drug-likeness (QED) is 0.595. The van der Waals surface area contributed by atoms with E-state index in [0.717, 1.165) is 32.8 Å². The minimum Gasteiger partial charge on any atom is -0.390 e. The summed E-state index contributed by atoms with van der Waals surface area (Å²) in [4.78, 5) is 2.38. The number of morpholine rings is 1. The zero-order valence-corrected chi connectivity index (χ0v) is 8.99.